The summed E-state index contributed by atoms with van der Waals surface area (Å²) in [6.45, 7) is 0. The van der Waals surface area contributed by atoms with Crippen LogP contribution in [0.5, 0.6) is 0 Å². The fourth-order valence-electron chi connectivity index (χ4n) is 3.06. The Morgan fingerprint density at radius 3 is 2.44 bits per heavy atom. The van der Waals surface area contributed by atoms with Crippen molar-refractivity contribution in [3.63, 3.8) is 0 Å². The van der Waals surface area contributed by atoms with Crippen LogP contribution < -0.4 is 5.73 Å². The van der Waals surface area contributed by atoms with Gasteiger partial charge >= 0.3 is 0 Å². The van der Waals surface area contributed by atoms with Crippen molar-refractivity contribution in [3.8, 4) is 11.3 Å². The van der Waals surface area contributed by atoms with Crippen LogP contribution in [0.25, 0.3) is 16.8 Å². The Bertz CT molecular complexity index is 1150. The third kappa shape index (κ3) is 3.55. The molecule has 4 aromatic rings. The highest BCUT2D eigenvalue weighted by Crippen LogP contribution is 2.23. The van der Waals surface area contributed by atoms with Gasteiger partial charge in [-0.2, -0.15) is 5.10 Å². The van der Waals surface area contributed by atoms with Crippen molar-refractivity contribution in [2.75, 3.05) is 0 Å². The van der Waals surface area contributed by atoms with E-state index in [2.05, 4.69) is 5.10 Å². The highest BCUT2D eigenvalue weighted by molar-refractivity contribution is 5.92. The topological polar surface area (TPSA) is 60.4 Å². The number of halogens is 2. The average Bonchev–Trinajstić information content (AvgIpc) is 3.04. The fraction of sp³-hybridized carbons (Fsp3) is 0.0476. The van der Waals surface area contributed by atoms with Crippen molar-refractivity contribution in [1.29, 1.82) is 0 Å². The zero-order valence-electron chi connectivity index (χ0n) is 14.2. The second-order valence-corrected chi connectivity index (χ2v) is 6.33. The Labute approximate surface area is 153 Å². The van der Waals surface area contributed by atoms with E-state index in [9.17, 15) is 13.6 Å². The molecule has 2 heterocycles. The van der Waals surface area contributed by atoms with E-state index in [1.165, 1.54) is 12.1 Å². The van der Waals surface area contributed by atoms with Crippen LogP contribution in [-0.4, -0.2) is 15.5 Å². The average molecular weight is 363 g/mol. The molecule has 0 saturated heterocycles. The van der Waals surface area contributed by atoms with E-state index in [1.54, 1.807) is 35.0 Å². The van der Waals surface area contributed by atoms with Crippen molar-refractivity contribution in [2.24, 2.45) is 5.73 Å². The van der Waals surface area contributed by atoms with Crippen LogP contribution in [0.1, 0.15) is 21.5 Å². The van der Waals surface area contributed by atoms with Crippen molar-refractivity contribution < 1.29 is 13.6 Å². The first kappa shape index (κ1) is 16.9. The minimum Gasteiger partial charge on any atom is -0.366 e. The number of hydrogen-bond acceptors (Lipinski definition) is 2. The number of carbonyl (C=O) groups is 1. The van der Waals surface area contributed by atoms with Gasteiger partial charge in [-0.3, -0.25) is 4.79 Å². The second-order valence-electron chi connectivity index (χ2n) is 6.33. The summed E-state index contributed by atoms with van der Waals surface area (Å²) in [5.74, 6) is -1.75. The summed E-state index contributed by atoms with van der Waals surface area (Å²) in [6.07, 6.45) is 2.41. The number of amides is 1. The van der Waals surface area contributed by atoms with Gasteiger partial charge in [0.15, 0.2) is 0 Å². The smallest absolute Gasteiger partial charge is 0.248 e. The van der Waals surface area contributed by atoms with Crippen LogP contribution in [0.4, 0.5) is 8.78 Å². The molecule has 0 aliphatic heterocycles. The summed E-state index contributed by atoms with van der Waals surface area (Å²) in [5.41, 5.74) is 9.44. The summed E-state index contributed by atoms with van der Waals surface area (Å²) in [5, 5.41) is 4.37. The van der Waals surface area contributed by atoms with E-state index < -0.39 is 17.5 Å². The molecule has 0 fully saturated rings. The Morgan fingerprint density at radius 1 is 0.963 bits per heavy atom. The van der Waals surface area contributed by atoms with Gasteiger partial charge < -0.3 is 5.73 Å². The third-order valence-corrected chi connectivity index (χ3v) is 4.31. The molecule has 0 aliphatic rings. The van der Waals surface area contributed by atoms with Gasteiger partial charge in [0.2, 0.25) is 5.91 Å². The van der Waals surface area contributed by atoms with Gasteiger partial charge in [-0.15, -0.1) is 0 Å². The van der Waals surface area contributed by atoms with E-state index in [1.807, 2.05) is 18.2 Å². The van der Waals surface area contributed by atoms with Crippen LogP contribution in [0.3, 0.4) is 0 Å². The first-order valence-electron chi connectivity index (χ1n) is 8.31. The maximum absolute atomic E-state index is 13.5. The number of hydrogen-bond donors (Lipinski definition) is 1. The fourth-order valence-corrected chi connectivity index (χ4v) is 3.06. The lowest BCUT2D eigenvalue weighted by Gasteiger charge is -2.04. The van der Waals surface area contributed by atoms with Crippen LogP contribution >= 0.6 is 0 Å². The highest BCUT2D eigenvalue weighted by Gasteiger charge is 2.09. The minimum atomic E-state index is -0.642. The van der Waals surface area contributed by atoms with Gasteiger partial charge in [-0.25, -0.2) is 13.3 Å². The maximum Gasteiger partial charge on any atom is 0.248 e. The molecule has 6 heteroatoms. The van der Waals surface area contributed by atoms with Crippen molar-refractivity contribution in [2.45, 2.75) is 6.42 Å². The molecule has 134 valence electrons. The predicted octanol–water partition coefficient (Wildman–Crippen LogP) is 3.97. The molecule has 27 heavy (non-hydrogen) atoms. The standard InChI is InChI=1S/C21H15F2N3O/c22-17-9-16(10-18(23)11-17)20-12-19-8-14(4-5-26(19)25-20)6-13-2-1-3-15(7-13)21(24)27/h1-5,7-12H,6H2,(H2,24,27). The molecule has 1 amide bonds. The van der Waals surface area contributed by atoms with Crippen molar-refractivity contribution in [1.82, 2.24) is 9.61 Å². The zero-order chi connectivity index (χ0) is 19.0. The molecule has 0 radical (unpaired) electrons. The number of primary amides is 1. The number of nitrogens with zero attached hydrogens (tertiary/aromatic N) is 2. The van der Waals surface area contributed by atoms with Gasteiger partial charge in [-0.05, 0) is 60.0 Å². The molecule has 0 aliphatic carbocycles. The lowest BCUT2D eigenvalue weighted by Crippen LogP contribution is -2.11. The summed E-state index contributed by atoms with van der Waals surface area (Å²) in [4.78, 5) is 11.3. The summed E-state index contributed by atoms with van der Waals surface area (Å²) < 4.78 is 28.6. The number of rotatable bonds is 4. The quantitative estimate of drug-likeness (QED) is 0.596. The van der Waals surface area contributed by atoms with Crippen LogP contribution in [-0.2, 0) is 6.42 Å². The monoisotopic (exact) mass is 363 g/mol. The number of aromatic nitrogens is 2. The van der Waals surface area contributed by atoms with Gasteiger partial charge in [-0.1, -0.05) is 12.1 Å². The molecule has 0 spiro atoms. The number of pyridine rings is 1. The number of nitrogens with two attached hydrogens (primary N) is 1. The Morgan fingerprint density at radius 2 is 1.70 bits per heavy atom. The highest BCUT2D eigenvalue weighted by atomic mass is 19.1. The Kier molecular flexibility index (Phi) is 4.16. The van der Waals surface area contributed by atoms with Gasteiger partial charge in [0, 0.05) is 23.4 Å². The van der Waals surface area contributed by atoms with Crippen LogP contribution in [0, 0.1) is 11.6 Å². The van der Waals surface area contributed by atoms with Crippen LogP contribution in [0.2, 0.25) is 0 Å². The molecule has 4 nitrogen and oxygen atoms in total. The number of benzene rings is 2. The SMILES string of the molecule is NC(=O)c1cccc(Cc2ccn3nc(-c4cc(F)cc(F)c4)cc3c2)c1. The molecular formula is C21H15F2N3O. The molecular weight excluding hydrogens is 348 g/mol. The molecule has 0 unspecified atom stereocenters. The molecule has 0 bridgehead atoms. The van der Waals surface area contributed by atoms with Gasteiger partial charge in [0.05, 0.1) is 11.2 Å². The van der Waals surface area contributed by atoms with Crippen LogP contribution in [0.15, 0.2) is 66.9 Å². The van der Waals surface area contributed by atoms with E-state index in [4.69, 9.17) is 5.73 Å². The van der Waals surface area contributed by atoms with Crippen molar-refractivity contribution in [3.05, 3.63) is 95.2 Å². The molecule has 0 saturated carbocycles. The first-order valence-corrected chi connectivity index (χ1v) is 8.31. The number of carbonyl (C=O) groups excluding carboxylic acids is 1. The minimum absolute atomic E-state index is 0.381. The normalized spacial score (nSPS) is 11.0. The zero-order valence-corrected chi connectivity index (χ0v) is 14.2. The predicted molar refractivity (Wildman–Crippen MR) is 98.3 cm³/mol. The second kappa shape index (κ2) is 6.64. The number of fused-ring (bicyclic) bond motifs is 1. The Balaban J connectivity index is 1.66. The molecule has 2 aromatic heterocycles. The first-order chi connectivity index (χ1) is 13.0. The summed E-state index contributed by atoms with van der Waals surface area (Å²) in [7, 11) is 0. The summed E-state index contributed by atoms with van der Waals surface area (Å²) in [6, 6.07) is 16.1. The van der Waals surface area contributed by atoms with E-state index in [0.717, 1.165) is 22.7 Å². The van der Waals surface area contributed by atoms with Gasteiger partial charge in [0.25, 0.3) is 0 Å². The van der Waals surface area contributed by atoms with E-state index in [-0.39, 0.29) is 0 Å². The lowest BCUT2D eigenvalue weighted by atomic mass is 10.0. The Hall–Kier alpha value is -3.54. The third-order valence-electron chi connectivity index (χ3n) is 4.31. The lowest BCUT2D eigenvalue weighted by molar-refractivity contribution is 0.1000. The molecule has 2 N–H and O–H groups in total. The van der Waals surface area contributed by atoms with E-state index >= 15 is 0 Å². The van der Waals surface area contributed by atoms with Gasteiger partial charge in [0.1, 0.15) is 11.6 Å². The van der Waals surface area contributed by atoms with Crippen molar-refractivity contribution >= 4 is 11.4 Å². The largest absolute Gasteiger partial charge is 0.366 e. The molecule has 4 rings (SSSR count). The molecule has 0 atom stereocenters. The molecule has 2 aromatic carbocycles. The summed E-state index contributed by atoms with van der Waals surface area (Å²) >= 11 is 0. The maximum atomic E-state index is 13.5. The van der Waals surface area contributed by atoms with E-state index in [0.29, 0.717) is 23.2 Å².